The number of rotatable bonds is 6. The highest BCUT2D eigenvalue weighted by Crippen LogP contribution is 2.17. The molecule has 1 aromatic heterocycles. The molecule has 0 bridgehead atoms. The number of aryl methyl sites for hydroxylation is 1. The number of hydrogen-bond acceptors (Lipinski definition) is 3. The summed E-state index contributed by atoms with van der Waals surface area (Å²) in [6.07, 6.45) is 5.31. The summed E-state index contributed by atoms with van der Waals surface area (Å²) in [5.41, 5.74) is 0. The highest BCUT2D eigenvalue weighted by atomic mass is 32.1. The minimum atomic E-state index is 0.513. The van der Waals surface area contributed by atoms with Crippen molar-refractivity contribution >= 4 is 11.3 Å². The lowest BCUT2D eigenvalue weighted by Gasteiger charge is -2.15. The molecule has 0 spiro atoms. The van der Waals surface area contributed by atoms with Crippen LogP contribution in [0.15, 0.2) is 12.1 Å². The molecule has 1 aliphatic rings. The highest BCUT2D eigenvalue weighted by Gasteiger charge is 2.15. The maximum atomic E-state index is 5.62. The summed E-state index contributed by atoms with van der Waals surface area (Å²) < 4.78 is 5.62. The molecular formula is C14H23NOS. The van der Waals surface area contributed by atoms with Crippen LogP contribution in [0.25, 0.3) is 0 Å². The molecule has 1 aromatic rings. The van der Waals surface area contributed by atoms with Crippen LogP contribution < -0.4 is 5.32 Å². The standard InChI is InChI=1S/C14H23NOS/c1-11(10-14-6-5-12(2)17-14)15-8-7-13-4-3-9-16-13/h5-6,11,13,15H,3-4,7-10H2,1-2H3. The van der Waals surface area contributed by atoms with Crippen molar-refractivity contribution < 1.29 is 4.74 Å². The minimum Gasteiger partial charge on any atom is -0.378 e. The molecule has 2 nitrogen and oxygen atoms in total. The molecule has 2 rings (SSSR count). The predicted molar refractivity (Wildman–Crippen MR) is 73.8 cm³/mol. The zero-order chi connectivity index (χ0) is 12.1. The number of thiophene rings is 1. The first-order valence-electron chi connectivity index (χ1n) is 6.64. The van der Waals surface area contributed by atoms with E-state index in [1.165, 1.54) is 22.6 Å². The molecule has 1 fully saturated rings. The molecule has 0 aromatic carbocycles. The molecule has 2 unspecified atom stereocenters. The maximum Gasteiger partial charge on any atom is 0.0588 e. The molecule has 0 amide bonds. The minimum absolute atomic E-state index is 0.513. The first-order valence-corrected chi connectivity index (χ1v) is 7.46. The first kappa shape index (κ1) is 13.1. The second kappa shape index (κ2) is 6.53. The van der Waals surface area contributed by atoms with E-state index >= 15 is 0 Å². The second-order valence-corrected chi connectivity index (χ2v) is 6.37. The third kappa shape index (κ3) is 4.41. The monoisotopic (exact) mass is 253 g/mol. The molecular weight excluding hydrogens is 230 g/mol. The SMILES string of the molecule is Cc1ccc(CC(C)NCCC2CCCO2)s1. The van der Waals surface area contributed by atoms with Crippen molar-refractivity contribution in [2.75, 3.05) is 13.2 Å². The second-order valence-electron chi connectivity index (χ2n) is 5.00. The normalized spacial score (nSPS) is 21.9. The third-order valence-corrected chi connectivity index (χ3v) is 4.31. The van der Waals surface area contributed by atoms with Crippen LogP contribution in [0.3, 0.4) is 0 Å². The van der Waals surface area contributed by atoms with Gasteiger partial charge in [-0.3, -0.25) is 0 Å². The maximum absolute atomic E-state index is 5.62. The predicted octanol–water partition coefficient (Wildman–Crippen LogP) is 3.15. The average Bonchev–Trinajstić information content (AvgIpc) is 2.90. The summed E-state index contributed by atoms with van der Waals surface area (Å²) in [6, 6.07) is 5.02. The van der Waals surface area contributed by atoms with Gasteiger partial charge in [0.15, 0.2) is 0 Å². The molecule has 1 saturated heterocycles. The third-order valence-electron chi connectivity index (χ3n) is 3.29. The Morgan fingerprint density at radius 1 is 1.53 bits per heavy atom. The van der Waals surface area contributed by atoms with Crippen LogP contribution in [0.1, 0.15) is 35.9 Å². The van der Waals surface area contributed by atoms with Crippen molar-refractivity contribution in [3.05, 3.63) is 21.9 Å². The largest absolute Gasteiger partial charge is 0.378 e. The van der Waals surface area contributed by atoms with Crippen molar-refractivity contribution in [3.63, 3.8) is 0 Å². The Morgan fingerprint density at radius 2 is 2.41 bits per heavy atom. The van der Waals surface area contributed by atoms with E-state index < -0.39 is 0 Å². The van der Waals surface area contributed by atoms with Crippen LogP contribution in [-0.4, -0.2) is 25.3 Å². The molecule has 2 heterocycles. The van der Waals surface area contributed by atoms with Gasteiger partial charge in [0.1, 0.15) is 0 Å². The van der Waals surface area contributed by atoms with Gasteiger partial charge in [0, 0.05) is 22.4 Å². The Hall–Kier alpha value is -0.380. The topological polar surface area (TPSA) is 21.3 Å². The summed E-state index contributed by atoms with van der Waals surface area (Å²) in [4.78, 5) is 2.89. The fourth-order valence-corrected chi connectivity index (χ4v) is 3.35. The summed E-state index contributed by atoms with van der Waals surface area (Å²) in [5.74, 6) is 0. The Bertz CT molecular complexity index is 331. The molecule has 3 heteroatoms. The molecule has 0 aliphatic carbocycles. The van der Waals surface area contributed by atoms with Crippen molar-refractivity contribution in [1.29, 1.82) is 0 Å². The van der Waals surface area contributed by atoms with Gasteiger partial charge in [0.2, 0.25) is 0 Å². The van der Waals surface area contributed by atoms with Gasteiger partial charge >= 0.3 is 0 Å². The molecule has 96 valence electrons. The van der Waals surface area contributed by atoms with Crippen molar-refractivity contribution in [2.24, 2.45) is 0 Å². The summed E-state index contributed by atoms with van der Waals surface area (Å²) >= 11 is 1.91. The molecule has 0 radical (unpaired) electrons. The molecule has 1 aliphatic heterocycles. The van der Waals surface area contributed by atoms with Crippen LogP contribution in [-0.2, 0) is 11.2 Å². The molecule has 0 saturated carbocycles. The van der Waals surface area contributed by atoms with Gasteiger partial charge in [-0.15, -0.1) is 11.3 Å². The van der Waals surface area contributed by atoms with E-state index in [2.05, 4.69) is 31.3 Å². The van der Waals surface area contributed by atoms with Gasteiger partial charge in [0.25, 0.3) is 0 Å². The highest BCUT2D eigenvalue weighted by molar-refractivity contribution is 7.11. The van der Waals surface area contributed by atoms with E-state index in [1.807, 2.05) is 11.3 Å². The van der Waals surface area contributed by atoms with Crippen LogP contribution in [0, 0.1) is 6.92 Å². The van der Waals surface area contributed by atoms with Crippen LogP contribution >= 0.6 is 11.3 Å². The number of ether oxygens (including phenoxy) is 1. The summed E-state index contributed by atoms with van der Waals surface area (Å²) in [7, 11) is 0. The molecule has 2 atom stereocenters. The lowest BCUT2D eigenvalue weighted by molar-refractivity contribution is 0.103. The van der Waals surface area contributed by atoms with Crippen molar-refractivity contribution in [3.8, 4) is 0 Å². The quantitative estimate of drug-likeness (QED) is 0.841. The summed E-state index contributed by atoms with van der Waals surface area (Å²) in [6.45, 7) is 6.49. The molecule has 17 heavy (non-hydrogen) atoms. The first-order chi connectivity index (χ1) is 8.24. The van der Waals surface area contributed by atoms with E-state index in [9.17, 15) is 0 Å². The zero-order valence-corrected chi connectivity index (χ0v) is 11.7. The van der Waals surface area contributed by atoms with E-state index in [1.54, 1.807) is 0 Å². The fourth-order valence-electron chi connectivity index (χ4n) is 2.33. The smallest absolute Gasteiger partial charge is 0.0588 e. The lowest BCUT2D eigenvalue weighted by atomic mass is 10.1. The Kier molecular flexibility index (Phi) is 5.01. The van der Waals surface area contributed by atoms with E-state index in [0.29, 0.717) is 12.1 Å². The zero-order valence-electron chi connectivity index (χ0n) is 10.9. The Labute approximate surface area is 108 Å². The lowest BCUT2D eigenvalue weighted by Crippen LogP contribution is -2.30. The number of nitrogens with one attached hydrogen (secondary N) is 1. The molecule has 1 N–H and O–H groups in total. The van der Waals surface area contributed by atoms with Gasteiger partial charge < -0.3 is 10.1 Å². The van der Waals surface area contributed by atoms with Crippen LogP contribution in [0.2, 0.25) is 0 Å². The van der Waals surface area contributed by atoms with Gasteiger partial charge in [-0.25, -0.2) is 0 Å². The van der Waals surface area contributed by atoms with Crippen LogP contribution in [0.4, 0.5) is 0 Å². The van der Waals surface area contributed by atoms with Crippen molar-refractivity contribution in [2.45, 2.75) is 51.7 Å². The van der Waals surface area contributed by atoms with E-state index in [4.69, 9.17) is 4.74 Å². The van der Waals surface area contributed by atoms with Crippen LogP contribution in [0.5, 0.6) is 0 Å². The van der Waals surface area contributed by atoms with E-state index in [0.717, 1.165) is 26.0 Å². The van der Waals surface area contributed by atoms with E-state index in [-0.39, 0.29) is 0 Å². The van der Waals surface area contributed by atoms with Gasteiger partial charge in [-0.05, 0) is 58.2 Å². The Morgan fingerprint density at radius 3 is 3.06 bits per heavy atom. The average molecular weight is 253 g/mol. The van der Waals surface area contributed by atoms with Gasteiger partial charge in [-0.1, -0.05) is 0 Å². The van der Waals surface area contributed by atoms with Gasteiger partial charge in [-0.2, -0.15) is 0 Å². The van der Waals surface area contributed by atoms with Gasteiger partial charge in [0.05, 0.1) is 6.10 Å². The number of hydrogen-bond donors (Lipinski definition) is 1. The fraction of sp³-hybridized carbons (Fsp3) is 0.714. The Balaban J connectivity index is 1.61. The summed E-state index contributed by atoms with van der Waals surface area (Å²) in [5, 5.41) is 3.59. The van der Waals surface area contributed by atoms with Crippen molar-refractivity contribution in [1.82, 2.24) is 5.32 Å².